The minimum atomic E-state index is -4.95. The zero-order valence-electron chi connectivity index (χ0n) is 5.54. The van der Waals surface area contributed by atoms with Crippen LogP contribution in [0.3, 0.4) is 0 Å². The third-order valence-corrected chi connectivity index (χ3v) is 1.91. The van der Waals surface area contributed by atoms with Gasteiger partial charge in [0.25, 0.3) is 5.56 Å². The molecule has 66 valence electrons. The van der Waals surface area contributed by atoms with E-state index in [0.717, 1.165) is 0 Å². The van der Waals surface area contributed by atoms with Crippen molar-refractivity contribution in [1.29, 1.82) is 0 Å². The highest BCUT2D eigenvalue weighted by atomic mass is 32.3. The van der Waals surface area contributed by atoms with E-state index in [0.29, 0.717) is 12.3 Å². The van der Waals surface area contributed by atoms with Gasteiger partial charge in [-0.1, -0.05) is 0 Å². The summed E-state index contributed by atoms with van der Waals surface area (Å²) in [5, 5.41) is 0. The van der Waals surface area contributed by atoms with Gasteiger partial charge >= 0.3 is 10.2 Å². The van der Waals surface area contributed by atoms with Crippen LogP contribution in [-0.2, 0) is 10.2 Å². The fraction of sp³-hybridized carbons (Fsp3) is 0. The number of nitrogens with one attached hydrogen (secondary N) is 1. The molecule has 1 aromatic rings. The molecule has 0 aliphatic heterocycles. The van der Waals surface area contributed by atoms with Crippen molar-refractivity contribution in [3.05, 3.63) is 28.4 Å². The van der Waals surface area contributed by atoms with Gasteiger partial charge in [0.05, 0.1) is 0 Å². The van der Waals surface area contributed by atoms with Crippen molar-refractivity contribution >= 4 is 10.2 Å². The number of hydrogen-bond donors (Lipinski definition) is 1. The van der Waals surface area contributed by atoms with Crippen molar-refractivity contribution in [2.75, 3.05) is 0 Å². The van der Waals surface area contributed by atoms with E-state index in [9.17, 15) is 21.5 Å². The average Bonchev–Trinajstić information content (AvgIpc) is 1.92. The third kappa shape index (κ3) is 1.67. The lowest BCUT2D eigenvalue weighted by Crippen LogP contribution is -2.11. The molecule has 0 aromatic carbocycles. The van der Waals surface area contributed by atoms with Crippen LogP contribution in [0.2, 0.25) is 0 Å². The van der Waals surface area contributed by atoms with Crippen LogP contribution in [0.1, 0.15) is 0 Å². The summed E-state index contributed by atoms with van der Waals surface area (Å²) in [4.78, 5) is 11.2. The van der Waals surface area contributed by atoms with Crippen LogP contribution < -0.4 is 5.56 Å². The van der Waals surface area contributed by atoms with Gasteiger partial charge in [-0.3, -0.25) is 4.79 Å². The molecule has 0 unspecified atom stereocenters. The second-order valence-corrected chi connectivity index (χ2v) is 3.30. The van der Waals surface area contributed by atoms with Crippen LogP contribution >= 0.6 is 0 Å². The number of halogens is 2. The lowest BCUT2D eigenvalue weighted by Gasteiger charge is -1.92. The Morgan fingerprint density at radius 1 is 1.42 bits per heavy atom. The van der Waals surface area contributed by atoms with Crippen molar-refractivity contribution in [3.8, 4) is 0 Å². The molecule has 1 rings (SSSR count). The Labute approximate surface area is 66.1 Å². The van der Waals surface area contributed by atoms with Gasteiger partial charge in [0.2, 0.25) is 0 Å². The molecule has 0 saturated carbocycles. The molecule has 0 atom stereocenters. The van der Waals surface area contributed by atoms with Gasteiger partial charge in [-0.15, -0.1) is 3.89 Å². The molecule has 0 spiro atoms. The topological polar surface area (TPSA) is 67.0 Å². The molecule has 1 heterocycles. The van der Waals surface area contributed by atoms with E-state index in [1.54, 1.807) is 4.98 Å². The van der Waals surface area contributed by atoms with Crippen LogP contribution in [0.25, 0.3) is 0 Å². The van der Waals surface area contributed by atoms with Gasteiger partial charge in [-0.05, 0) is 0 Å². The van der Waals surface area contributed by atoms with Crippen molar-refractivity contribution in [1.82, 2.24) is 4.98 Å². The van der Waals surface area contributed by atoms with Crippen LogP contribution in [0, 0.1) is 5.82 Å². The highest BCUT2D eigenvalue weighted by molar-refractivity contribution is 7.86. The maximum Gasteiger partial charge on any atom is 0.333 e. The van der Waals surface area contributed by atoms with E-state index in [-0.39, 0.29) is 0 Å². The first-order valence-corrected chi connectivity index (χ1v) is 4.12. The molecule has 0 fully saturated rings. The number of rotatable bonds is 1. The van der Waals surface area contributed by atoms with Gasteiger partial charge in [-0.2, -0.15) is 8.42 Å². The zero-order valence-corrected chi connectivity index (χ0v) is 6.36. The van der Waals surface area contributed by atoms with Crippen molar-refractivity contribution in [2.24, 2.45) is 0 Å². The summed E-state index contributed by atoms with van der Waals surface area (Å²) in [5.41, 5.74) is -1.10. The van der Waals surface area contributed by atoms with Crippen molar-refractivity contribution in [3.63, 3.8) is 0 Å². The van der Waals surface area contributed by atoms with Crippen LogP contribution in [0.4, 0.5) is 8.28 Å². The van der Waals surface area contributed by atoms with Gasteiger partial charge in [0.15, 0.2) is 5.82 Å². The summed E-state index contributed by atoms with van der Waals surface area (Å²) < 4.78 is 44.7. The van der Waals surface area contributed by atoms with E-state index in [1.165, 1.54) is 0 Å². The van der Waals surface area contributed by atoms with Crippen molar-refractivity contribution in [2.45, 2.75) is 4.90 Å². The molecule has 12 heavy (non-hydrogen) atoms. The predicted molar refractivity (Wildman–Crippen MR) is 35.3 cm³/mol. The summed E-state index contributed by atoms with van der Waals surface area (Å²) in [5.74, 6) is -1.34. The summed E-state index contributed by atoms with van der Waals surface area (Å²) in [7, 11) is -4.95. The monoisotopic (exact) mass is 195 g/mol. The van der Waals surface area contributed by atoms with Gasteiger partial charge < -0.3 is 4.98 Å². The minimum Gasteiger partial charge on any atom is -0.325 e. The molecule has 7 heteroatoms. The molecule has 0 saturated heterocycles. The normalized spacial score (nSPS) is 11.5. The van der Waals surface area contributed by atoms with E-state index in [2.05, 4.69) is 0 Å². The number of aromatic nitrogens is 1. The zero-order chi connectivity index (χ0) is 9.35. The first-order chi connectivity index (χ1) is 5.41. The Kier molecular flexibility index (Phi) is 1.97. The summed E-state index contributed by atoms with van der Waals surface area (Å²) in [6.45, 7) is 0. The number of H-pyrrole nitrogens is 1. The number of pyridine rings is 1. The molecule has 1 N–H and O–H groups in total. The Hall–Kier alpha value is -1.24. The second-order valence-electron chi connectivity index (χ2n) is 1.95. The SMILES string of the molecule is O=c1[nH]cc(S(=O)(=O)F)cc1F. The van der Waals surface area contributed by atoms with Crippen LogP contribution in [0.15, 0.2) is 22.0 Å². The Morgan fingerprint density at radius 2 is 2.00 bits per heavy atom. The Bertz CT molecular complexity index is 450. The Morgan fingerprint density at radius 3 is 2.42 bits per heavy atom. The van der Waals surface area contributed by atoms with E-state index in [1.807, 2.05) is 0 Å². The second kappa shape index (κ2) is 2.67. The largest absolute Gasteiger partial charge is 0.333 e. The maximum absolute atomic E-state index is 12.3. The molecule has 1 aromatic heterocycles. The predicted octanol–water partition coefficient (Wildman–Crippen LogP) is 0.172. The molecule has 0 bridgehead atoms. The van der Waals surface area contributed by atoms with E-state index in [4.69, 9.17) is 0 Å². The Balaban J connectivity index is 3.43. The lowest BCUT2D eigenvalue weighted by atomic mass is 10.5. The van der Waals surface area contributed by atoms with Crippen LogP contribution in [0.5, 0.6) is 0 Å². The van der Waals surface area contributed by atoms with Gasteiger partial charge in [-0.25, -0.2) is 4.39 Å². The highest BCUT2D eigenvalue weighted by Gasteiger charge is 2.13. The molecule has 4 nitrogen and oxygen atoms in total. The molecule has 0 radical (unpaired) electrons. The van der Waals surface area contributed by atoms with Crippen LogP contribution in [-0.4, -0.2) is 13.4 Å². The van der Waals surface area contributed by atoms with Crippen molar-refractivity contribution < 1.29 is 16.7 Å². The summed E-state index contributed by atoms with van der Waals surface area (Å²) >= 11 is 0. The molecular formula is C5H3F2NO3S. The summed E-state index contributed by atoms with van der Waals surface area (Å²) in [6.07, 6.45) is 0.584. The average molecular weight is 195 g/mol. The fourth-order valence-electron chi connectivity index (χ4n) is 0.579. The standard InChI is InChI=1S/C5H3F2NO3S/c6-4-1-3(12(7,10)11)2-8-5(4)9/h1-2H,(H,8,9). The van der Waals surface area contributed by atoms with E-state index < -0.39 is 26.5 Å². The highest BCUT2D eigenvalue weighted by Crippen LogP contribution is 2.08. The molecule has 0 amide bonds. The number of aromatic amines is 1. The quantitative estimate of drug-likeness (QED) is 0.649. The third-order valence-electron chi connectivity index (χ3n) is 1.11. The maximum atomic E-state index is 12.3. The molecule has 0 aliphatic carbocycles. The summed E-state index contributed by atoms with van der Waals surface area (Å²) in [6, 6.07) is 0.314. The van der Waals surface area contributed by atoms with Gasteiger partial charge in [0, 0.05) is 12.3 Å². The van der Waals surface area contributed by atoms with Gasteiger partial charge in [0.1, 0.15) is 4.90 Å². The smallest absolute Gasteiger partial charge is 0.325 e. The lowest BCUT2D eigenvalue weighted by molar-refractivity contribution is 0.547. The molecule has 0 aliphatic rings. The number of hydrogen-bond acceptors (Lipinski definition) is 3. The van der Waals surface area contributed by atoms with E-state index >= 15 is 0 Å². The first-order valence-electron chi connectivity index (χ1n) is 2.74. The first kappa shape index (κ1) is 8.85. The minimum absolute atomic E-state index is 0.314. The fourth-order valence-corrected chi connectivity index (χ4v) is 1.02. The molecular weight excluding hydrogens is 192 g/mol.